The van der Waals surface area contributed by atoms with Crippen LogP contribution in [0.4, 0.5) is 0 Å². The molecule has 1 fully saturated rings. The molecule has 1 aromatic rings. The molecule has 0 spiro atoms. The maximum Gasteiger partial charge on any atom is 0.251 e. The van der Waals surface area contributed by atoms with E-state index in [-0.39, 0.29) is 28.7 Å². The summed E-state index contributed by atoms with van der Waals surface area (Å²) in [4.78, 5) is 12.0. The van der Waals surface area contributed by atoms with Crippen molar-refractivity contribution in [3.8, 4) is 0 Å². The van der Waals surface area contributed by atoms with Crippen molar-refractivity contribution in [2.75, 3.05) is 31.8 Å². The predicted octanol–water partition coefficient (Wildman–Crippen LogP) is 0.414. The topological polar surface area (TPSA) is 107 Å². The van der Waals surface area contributed by atoms with Gasteiger partial charge in [0.05, 0.1) is 21.7 Å². The lowest BCUT2D eigenvalue weighted by Crippen LogP contribution is -2.25. The van der Waals surface area contributed by atoms with E-state index in [1.165, 1.54) is 24.3 Å². The molecule has 0 saturated carbocycles. The molecule has 0 unspecified atom stereocenters. The van der Waals surface area contributed by atoms with Crippen LogP contribution in [0.5, 0.6) is 0 Å². The molecular weight excluding hydrogens is 354 g/mol. The minimum Gasteiger partial charge on any atom is -0.385 e. The van der Waals surface area contributed by atoms with Crippen molar-refractivity contribution in [2.45, 2.75) is 23.0 Å². The highest BCUT2D eigenvalue weighted by atomic mass is 32.2. The third-order valence-corrected chi connectivity index (χ3v) is 8.07. The molecule has 1 saturated heterocycles. The summed E-state index contributed by atoms with van der Waals surface area (Å²) in [5, 5.41) is 1.80. The summed E-state index contributed by atoms with van der Waals surface area (Å²) in [5.74, 6) is -0.728. The highest BCUT2D eigenvalue weighted by Crippen LogP contribution is 2.25. The van der Waals surface area contributed by atoms with Gasteiger partial charge in [-0.15, -0.1) is 0 Å². The van der Waals surface area contributed by atoms with Crippen LogP contribution >= 0.6 is 0 Å². The third kappa shape index (κ3) is 4.55. The molecule has 0 radical (unpaired) electrons. The van der Waals surface area contributed by atoms with Gasteiger partial charge in [0.2, 0.25) is 0 Å². The molecule has 1 aromatic carbocycles. The highest BCUT2D eigenvalue weighted by Gasteiger charge is 2.37. The summed E-state index contributed by atoms with van der Waals surface area (Å²) < 4.78 is 52.8. The van der Waals surface area contributed by atoms with Gasteiger partial charge in [0.25, 0.3) is 5.91 Å². The van der Waals surface area contributed by atoms with E-state index in [1.807, 2.05) is 0 Å². The van der Waals surface area contributed by atoms with Crippen molar-refractivity contribution in [2.24, 2.45) is 0 Å². The van der Waals surface area contributed by atoms with E-state index in [4.69, 9.17) is 4.74 Å². The second-order valence-electron chi connectivity index (χ2n) is 5.70. The van der Waals surface area contributed by atoms with Gasteiger partial charge < -0.3 is 10.1 Å². The van der Waals surface area contributed by atoms with Crippen LogP contribution in [0.15, 0.2) is 29.2 Å². The largest absolute Gasteiger partial charge is 0.385 e. The zero-order chi connectivity index (χ0) is 17.8. The van der Waals surface area contributed by atoms with Crippen LogP contribution in [0.3, 0.4) is 0 Å². The molecule has 1 atom stereocenters. The second kappa shape index (κ2) is 7.62. The maximum atomic E-state index is 12.5. The molecule has 0 bridgehead atoms. The summed E-state index contributed by atoms with van der Waals surface area (Å²) in [5.41, 5.74) is 0.352. The van der Waals surface area contributed by atoms with Crippen LogP contribution < -0.4 is 5.32 Å². The second-order valence-corrected chi connectivity index (χ2v) is 10.2. The van der Waals surface area contributed by atoms with E-state index in [0.29, 0.717) is 25.1 Å². The molecule has 2 rings (SSSR count). The van der Waals surface area contributed by atoms with Crippen molar-refractivity contribution in [1.29, 1.82) is 0 Å². The third-order valence-electron chi connectivity index (χ3n) is 3.89. The van der Waals surface area contributed by atoms with Crippen LogP contribution in [-0.2, 0) is 24.4 Å². The quantitative estimate of drug-likeness (QED) is 0.692. The fourth-order valence-electron chi connectivity index (χ4n) is 2.51. The zero-order valence-electron chi connectivity index (χ0n) is 13.4. The van der Waals surface area contributed by atoms with Gasteiger partial charge in [-0.3, -0.25) is 4.79 Å². The molecule has 24 heavy (non-hydrogen) atoms. The summed E-state index contributed by atoms with van der Waals surface area (Å²) in [7, 11) is -5.40. The van der Waals surface area contributed by atoms with E-state index < -0.39 is 24.9 Å². The normalized spacial score (nSPS) is 20.0. The Labute approximate surface area is 142 Å². The van der Waals surface area contributed by atoms with E-state index >= 15 is 0 Å². The fourth-order valence-corrected chi connectivity index (χ4v) is 6.87. The van der Waals surface area contributed by atoms with Gasteiger partial charge in [-0.1, -0.05) is 0 Å². The van der Waals surface area contributed by atoms with E-state index in [0.717, 1.165) is 0 Å². The van der Waals surface area contributed by atoms with E-state index in [1.54, 1.807) is 7.11 Å². The summed E-state index contributed by atoms with van der Waals surface area (Å²) >= 11 is 0. The summed E-state index contributed by atoms with van der Waals surface area (Å²) in [6, 6.07) is 5.57. The summed E-state index contributed by atoms with van der Waals surface area (Å²) in [6.45, 7) is 1.01. The SMILES string of the molecule is COCCCNC(=O)c1ccc(S(=O)(=O)[C@@H]2CCS(=O)(=O)C2)cc1. The Morgan fingerprint density at radius 2 is 1.96 bits per heavy atom. The number of amides is 1. The van der Waals surface area contributed by atoms with Gasteiger partial charge in [0, 0.05) is 25.8 Å². The number of benzene rings is 1. The molecule has 9 heteroatoms. The van der Waals surface area contributed by atoms with Gasteiger partial charge in [0.1, 0.15) is 0 Å². The molecule has 1 heterocycles. The number of hydrogen-bond acceptors (Lipinski definition) is 6. The number of hydrogen-bond donors (Lipinski definition) is 1. The number of rotatable bonds is 7. The van der Waals surface area contributed by atoms with Crippen molar-refractivity contribution in [3.05, 3.63) is 29.8 Å². The number of nitrogens with one attached hydrogen (secondary N) is 1. The Hall–Kier alpha value is -1.45. The number of ether oxygens (including phenoxy) is 1. The Kier molecular flexibility index (Phi) is 6.00. The fraction of sp³-hybridized carbons (Fsp3) is 0.533. The molecule has 1 amide bonds. The molecule has 0 aliphatic carbocycles. The predicted molar refractivity (Wildman–Crippen MR) is 89.5 cm³/mol. The monoisotopic (exact) mass is 375 g/mol. The van der Waals surface area contributed by atoms with Gasteiger partial charge >= 0.3 is 0 Å². The lowest BCUT2D eigenvalue weighted by atomic mass is 10.2. The molecule has 1 aliphatic rings. The van der Waals surface area contributed by atoms with E-state index in [2.05, 4.69) is 5.32 Å². The van der Waals surface area contributed by atoms with Gasteiger partial charge in [-0.05, 0) is 37.1 Å². The minimum atomic E-state index is -3.70. The molecule has 1 aliphatic heterocycles. The average molecular weight is 375 g/mol. The van der Waals surface area contributed by atoms with Crippen LogP contribution in [-0.4, -0.2) is 59.8 Å². The van der Waals surface area contributed by atoms with Crippen LogP contribution in [0.1, 0.15) is 23.2 Å². The summed E-state index contributed by atoms with van der Waals surface area (Å²) in [6.07, 6.45) is 0.803. The van der Waals surface area contributed by atoms with Crippen LogP contribution in [0.25, 0.3) is 0 Å². The van der Waals surface area contributed by atoms with Gasteiger partial charge in [0.15, 0.2) is 19.7 Å². The van der Waals surface area contributed by atoms with Crippen molar-refractivity contribution < 1.29 is 26.4 Å². The first-order chi connectivity index (χ1) is 11.3. The molecule has 0 aromatic heterocycles. The van der Waals surface area contributed by atoms with E-state index in [9.17, 15) is 21.6 Å². The molecule has 7 nitrogen and oxygen atoms in total. The smallest absolute Gasteiger partial charge is 0.251 e. The lowest BCUT2D eigenvalue weighted by Gasteiger charge is -2.11. The number of methoxy groups -OCH3 is 1. The first-order valence-electron chi connectivity index (χ1n) is 7.58. The van der Waals surface area contributed by atoms with Gasteiger partial charge in [-0.2, -0.15) is 0 Å². The number of carbonyl (C=O) groups excluding carboxylic acids is 1. The highest BCUT2D eigenvalue weighted by molar-refractivity contribution is 7.96. The molecule has 1 N–H and O–H groups in total. The molecule has 134 valence electrons. The van der Waals surface area contributed by atoms with Crippen molar-refractivity contribution in [3.63, 3.8) is 0 Å². The number of sulfone groups is 2. The lowest BCUT2D eigenvalue weighted by molar-refractivity contribution is 0.0948. The van der Waals surface area contributed by atoms with Crippen molar-refractivity contribution >= 4 is 25.6 Å². The molecular formula is C15H21NO6S2. The Morgan fingerprint density at radius 3 is 2.50 bits per heavy atom. The first kappa shape index (κ1) is 18.9. The van der Waals surface area contributed by atoms with Crippen molar-refractivity contribution in [1.82, 2.24) is 5.32 Å². The standard InChI is InChI=1S/C15H21NO6S2/c1-22-9-2-8-16-15(17)12-3-5-13(6-4-12)24(20,21)14-7-10-23(18,19)11-14/h3-6,14H,2,7-11H2,1H3,(H,16,17)/t14-/m1/s1. The Bertz CT molecular complexity index is 784. The maximum absolute atomic E-state index is 12.5. The minimum absolute atomic E-state index is 0.0422. The zero-order valence-corrected chi connectivity index (χ0v) is 15.0. The Morgan fingerprint density at radius 1 is 1.29 bits per heavy atom. The number of carbonyl (C=O) groups is 1. The first-order valence-corrected chi connectivity index (χ1v) is 10.9. The van der Waals surface area contributed by atoms with Crippen LogP contribution in [0.2, 0.25) is 0 Å². The van der Waals surface area contributed by atoms with Crippen LogP contribution in [0, 0.1) is 0 Å². The van der Waals surface area contributed by atoms with Gasteiger partial charge in [-0.25, -0.2) is 16.8 Å². The average Bonchev–Trinajstić information content (AvgIpc) is 2.92. The Balaban J connectivity index is 2.05.